The van der Waals surface area contributed by atoms with Crippen molar-refractivity contribution in [3.63, 3.8) is 0 Å². The molecule has 4 heteroatoms. The highest BCUT2D eigenvalue weighted by atomic mass is 32.1. The van der Waals surface area contributed by atoms with Crippen molar-refractivity contribution in [2.24, 2.45) is 5.73 Å². The molecule has 2 aliphatic carbocycles. The Morgan fingerprint density at radius 2 is 2.00 bits per heavy atom. The zero-order valence-electron chi connectivity index (χ0n) is 11.9. The Morgan fingerprint density at radius 1 is 1.21 bits per heavy atom. The van der Waals surface area contributed by atoms with Gasteiger partial charge in [-0.1, -0.05) is 30.6 Å². The number of thiazole rings is 1. The fourth-order valence-corrected chi connectivity index (χ4v) is 4.79. The van der Waals surface area contributed by atoms with Gasteiger partial charge in [-0.2, -0.15) is 0 Å². The van der Waals surface area contributed by atoms with Crippen LogP contribution in [0.1, 0.15) is 68.5 Å². The Balaban J connectivity index is 1.83. The summed E-state index contributed by atoms with van der Waals surface area (Å²) in [6.07, 6.45) is 10.3. The second-order valence-electron chi connectivity index (χ2n) is 5.88. The van der Waals surface area contributed by atoms with Gasteiger partial charge in [-0.25, -0.2) is 4.98 Å². The van der Waals surface area contributed by atoms with Crippen LogP contribution in [0.5, 0.6) is 0 Å². The summed E-state index contributed by atoms with van der Waals surface area (Å²) in [7, 11) is 0. The summed E-state index contributed by atoms with van der Waals surface area (Å²) >= 11 is 1.86. The first-order chi connectivity index (χ1) is 9.29. The van der Waals surface area contributed by atoms with Crippen LogP contribution in [0.15, 0.2) is 0 Å². The molecule has 106 valence electrons. The zero-order valence-corrected chi connectivity index (χ0v) is 12.7. The molecule has 1 heterocycles. The highest BCUT2D eigenvalue weighted by Crippen LogP contribution is 2.38. The van der Waals surface area contributed by atoms with Gasteiger partial charge in [0.2, 0.25) is 0 Å². The summed E-state index contributed by atoms with van der Waals surface area (Å²) in [6, 6.07) is 0.947. The molecule has 0 amide bonds. The molecule has 0 bridgehead atoms. The van der Waals surface area contributed by atoms with E-state index in [1.54, 1.807) is 0 Å². The van der Waals surface area contributed by atoms with Gasteiger partial charge in [-0.15, -0.1) is 0 Å². The number of nitrogens with two attached hydrogens (primary N) is 1. The van der Waals surface area contributed by atoms with Gasteiger partial charge in [0.05, 0.1) is 5.69 Å². The molecular formula is C15H25N3S. The van der Waals surface area contributed by atoms with Gasteiger partial charge in [-0.05, 0) is 39.0 Å². The summed E-state index contributed by atoms with van der Waals surface area (Å²) in [5.74, 6) is 0. The lowest BCUT2D eigenvalue weighted by Gasteiger charge is -2.33. The smallest absolute Gasteiger partial charge is 0.186 e. The minimum atomic E-state index is 0.236. The quantitative estimate of drug-likeness (QED) is 0.918. The van der Waals surface area contributed by atoms with E-state index in [1.807, 2.05) is 11.3 Å². The van der Waals surface area contributed by atoms with Crippen LogP contribution in [0.3, 0.4) is 0 Å². The molecule has 3 nitrogen and oxygen atoms in total. The maximum atomic E-state index is 6.23. The van der Waals surface area contributed by atoms with Gasteiger partial charge in [-0.3, -0.25) is 0 Å². The number of anilines is 1. The van der Waals surface area contributed by atoms with Gasteiger partial charge in [0.15, 0.2) is 5.13 Å². The molecule has 2 aliphatic rings. The van der Waals surface area contributed by atoms with Crippen molar-refractivity contribution >= 4 is 16.5 Å². The first-order valence-corrected chi connectivity index (χ1v) is 8.63. The minimum absolute atomic E-state index is 0.236. The standard InChI is InChI=1S/C15H25N3S/c1-2-18(11-7-4-3-5-8-11)15-17-13-10-6-9-12(16)14(13)19-15/h11-12H,2-10,16H2,1H3. The Labute approximate surface area is 120 Å². The van der Waals surface area contributed by atoms with Gasteiger partial charge < -0.3 is 10.6 Å². The second kappa shape index (κ2) is 5.80. The predicted octanol–water partition coefficient (Wildman–Crippen LogP) is 3.64. The molecule has 1 unspecified atom stereocenters. The van der Waals surface area contributed by atoms with E-state index in [9.17, 15) is 0 Å². The Bertz CT molecular complexity index is 423. The molecule has 19 heavy (non-hydrogen) atoms. The minimum Gasteiger partial charge on any atom is -0.345 e. The maximum absolute atomic E-state index is 6.23. The van der Waals surface area contributed by atoms with E-state index in [-0.39, 0.29) is 6.04 Å². The molecule has 0 saturated heterocycles. The first-order valence-electron chi connectivity index (χ1n) is 7.81. The second-order valence-corrected chi connectivity index (χ2v) is 6.89. The Morgan fingerprint density at radius 3 is 2.68 bits per heavy atom. The summed E-state index contributed by atoms with van der Waals surface area (Å²) in [6.45, 7) is 3.33. The predicted molar refractivity (Wildman–Crippen MR) is 81.9 cm³/mol. The summed E-state index contributed by atoms with van der Waals surface area (Å²) in [5, 5.41) is 1.23. The molecule has 1 aromatic rings. The number of aromatic nitrogens is 1. The molecule has 2 N–H and O–H groups in total. The van der Waals surface area contributed by atoms with Gasteiger partial charge >= 0.3 is 0 Å². The normalized spacial score (nSPS) is 24.2. The van der Waals surface area contributed by atoms with E-state index >= 15 is 0 Å². The van der Waals surface area contributed by atoms with Crippen molar-refractivity contribution in [3.05, 3.63) is 10.6 Å². The van der Waals surface area contributed by atoms with E-state index in [0.29, 0.717) is 6.04 Å². The van der Waals surface area contributed by atoms with Crippen LogP contribution < -0.4 is 10.6 Å². The average Bonchev–Trinajstić information content (AvgIpc) is 2.86. The van der Waals surface area contributed by atoms with Gasteiger partial charge in [0.25, 0.3) is 0 Å². The van der Waals surface area contributed by atoms with Crippen molar-refractivity contribution < 1.29 is 0 Å². The molecule has 0 aliphatic heterocycles. The number of fused-ring (bicyclic) bond motifs is 1. The average molecular weight is 279 g/mol. The van der Waals surface area contributed by atoms with E-state index in [2.05, 4.69) is 11.8 Å². The van der Waals surface area contributed by atoms with Crippen LogP contribution in [0, 0.1) is 0 Å². The van der Waals surface area contributed by atoms with Crippen molar-refractivity contribution in [2.75, 3.05) is 11.4 Å². The van der Waals surface area contributed by atoms with Crippen molar-refractivity contribution in [3.8, 4) is 0 Å². The fourth-order valence-electron chi connectivity index (χ4n) is 3.51. The number of hydrogen-bond donors (Lipinski definition) is 1. The van der Waals surface area contributed by atoms with E-state index in [1.165, 1.54) is 54.2 Å². The third-order valence-electron chi connectivity index (χ3n) is 4.58. The Hall–Kier alpha value is -0.610. The number of aryl methyl sites for hydroxylation is 1. The summed E-state index contributed by atoms with van der Waals surface area (Å²) < 4.78 is 0. The number of nitrogens with zero attached hydrogens (tertiary/aromatic N) is 2. The lowest BCUT2D eigenvalue weighted by molar-refractivity contribution is 0.417. The van der Waals surface area contributed by atoms with Crippen molar-refractivity contribution in [2.45, 2.75) is 70.4 Å². The fraction of sp³-hybridized carbons (Fsp3) is 0.800. The monoisotopic (exact) mass is 279 g/mol. The van der Waals surface area contributed by atoms with Crippen molar-refractivity contribution in [1.82, 2.24) is 4.98 Å². The zero-order chi connectivity index (χ0) is 13.2. The number of rotatable bonds is 3. The topological polar surface area (TPSA) is 42.2 Å². The SMILES string of the molecule is CCN(c1nc2c(s1)C(N)CCC2)C1CCCCC1. The molecule has 1 aromatic heterocycles. The first kappa shape index (κ1) is 13.4. The van der Waals surface area contributed by atoms with Crippen LogP contribution in [0.4, 0.5) is 5.13 Å². The largest absolute Gasteiger partial charge is 0.345 e. The van der Waals surface area contributed by atoms with Gasteiger partial charge in [0, 0.05) is 23.5 Å². The molecule has 0 aromatic carbocycles. The molecule has 3 rings (SSSR count). The van der Waals surface area contributed by atoms with E-state index < -0.39 is 0 Å². The molecule has 0 spiro atoms. The third kappa shape index (κ3) is 2.65. The molecule has 1 fully saturated rings. The molecule has 1 atom stereocenters. The van der Waals surface area contributed by atoms with Crippen LogP contribution in [0.2, 0.25) is 0 Å². The Kier molecular flexibility index (Phi) is 4.08. The van der Waals surface area contributed by atoms with Crippen molar-refractivity contribution in [1.29, 1.82) is 0 Å². The summed E-state index contributed by atoms with van der Waals surface area (Å²) in [5.41, 5.74) is 7.52. The lowest BCUT2D eigenvalue weighted by Crippen LogP contribution is -2.36. The maximum Gasteiger partial charge on any atom is 0.186 e. The molecule has 1 saturated carbocycles. The van der Waals surface area contributed by atoms with Gasteiger partial charge in [0.1, 0.15) is 0 Å². The number of hydrogen-bond acceptors (Lipinski definition) is 4. The molecular weight excluding hydrogens is 254 g/mol. The lowest BCUT2D eigenvalue weighted by atomic mass is 9.94. The highest BCUT2D eigenvalue weighted by Gasteiger charge is 2.27. The van der Waals surface area contributed by atoms with Crippen LogP contribution in [0.25, 0.3) is 0 Å². The summed E-state index contributed by atoms with van der Waals surface area (Å²) in [4.78, 5) is 8.81. The van der Waals surface area contributed by atoms with E-state index in [4.69, 9.17) is 10.7 Å². The highest BCUT2D eigenvalue weighted by molar-refractivity contribution is 7.15. The molecule has 0 radical (unpaired) electrons. The third-order valence-corrected chi connectivity index (χ3v) is 5.85. The van der Waals surface area contributed by atoms with E-state index in [0.717, 1.165) is 19.4 Å². The van der Waals surface area contributed by atoms with Crippen LogP contribution in [-0.2, 0) is 6.42 Å². The van der Waals surface area contributed by atoms with Crippen LogP contribution in [-0.4, -0.2) is 17.6 Å². The van der Waals surface area contributed by atoms with Crippen LogP contribution >= 0.6 is 11.3 Å².